The highest BCUT2D eigenvalue weighted by molar-refractivity contribution is 7.99. The van der Waals surface area contributed by atoms with Gasteiger partial charge in [-0.1, -0.05) is 48.5 Å². The number of carbonyl (C=O) groups is 1. The standard InChI is InChI=1S/C20H20N2OS/c23-20(17-14-21-18-9-5-4-8-16(17)18)19(15-6-2-1-3-7-15)22-10-12-24-13-11-22/h1-9,14,19,21H,10-13H2. The highest BCUT2D eigenvalue weighted by Crippen LogP contribution is 2.30. The minimum Gasteiger partial charge on any atom is -0.360 e. The van der Waals surface area contributed by atoms with Crippen molar-refractivity contribution in [3.8, 4) is 0 Å². The molecule has 24 heavy (non-hydrogen) atoms. The number of fused-ring (bicyclic) bond motifs is 1. The summed E-state index contributed by atoms with van der Waals surface area (Å²) in [6.07, 6.45) is 1.86. The molecule has 0 saturated carbocycles. The van der Waals surface area contributed by atoms with Crippen molar-refractivity contribution in [1.29, 1.82) is 0 Å². The maximum Gasteiger partial charge on any atom is 0.186 e. The molecular formula is C20H20N2OS. The third-order valence-corrected chi connectivity index (χ3v) is 5.57. The van der Waals surface area contributed by atoms with E-state index in [4.69, 9.17) is 0 Å². The van der Waals surface area contributed by atoms with Gasteiger partial charge in [0.15, 0.2) is 5.78 Å². The number of aromatic amines is 1. The van der Waals surface area contributed by atoms with Crippen molar-refractivity contribution in [3.05, 3.63) is 71.9 Å². The van der Waals surface area contributed by atoms with E-state index >= 15 is 0 Å². The first-order valence-corrected chi connectivity index (χ1v) is 9.47. The quantitative estimate of drug-likeness (QED) is 0.727. The van der Waals surface area contributed by atoms with Crippen molar-refractivity contribution in [2.24, 2.45) is 0 Å². The molecule has 1 atom stereocenters. The van der Waals surface area contributed by atoms with E-state index < -0.39 is 0 Å². The average molecular weight is 336 g/mol. The van der Waals surface area contributed by atoms with Crippen LogP contribution in [0.3, 0.4) is 0 Å². The normalized spacial score (nSPS) is 17.0. The summed E-state index contributed by atoms with van der Waals surface area (Å²) in [6, 6.07) is 18.0. The highest BCUT2D eigenvalue weighted by atomic mass is 32.2. The zero-order chi connectivity index (χ0) is 16.4. The number of hydrogen-bond acceptors (Lipinski definition) is 3. The number of carbonyl (C=O) groups excluding carboxylic acids is 1. The van der Waals surface area contributed by atoms with Crippen LogP contribution in [0.25, 0.3) is 10.9 Å². The minimum absolute atomic E-state index is 0.186. The van der Waals surface area contributed by atoms with E-state index in [1.807, 2.05) is 60.4 Å². The molecule has 2 heterocycles. The molecule has 1 saturated heterocycles. The number of aromatic nitrogens is 1. The molecule has 1 aliphatic rings. The second-order valence-electron chi connectivity index (χ2n) is 6.07. The number of Topliss-reactive ketones (excluding diaryl/α,β-unsaturated/α-hetero) is 1. The summed E-state index contributed by atoms with van der Waals surface area (Å²) in [6.45, 7) is 1.91. The zero-order valence-corrected chi connectivity index (χ0v) is 14.3. The smallest absolute Gasteiger partial charge is 0.186 e. The average Bonchev–Trinajstić information content (AvgIpc) is 3.08. The highest BCUT2D eigenvalue weighted by Gasteiger charge is 2.30. The van der Waals surface area contributed by atoms with Gasteiger partial charge in [-0.15, -0.1) is 0 Å². The molecule has 122 valence electrons. The third kappa shape index (κ3) is 2.87. The first-order valence-electron chi connectivity index (χ1n) is 8.31. The molecule has 4 heteroatoms. The molecule has 1 unspecified atom stereocenters. The van der Waals surface area contributed by atoms with Crippen LogP contribution in [0.4, 0.5) is 0 Å². The Morgan fingerprint density at radius 2 is 1.71 bits per heavy atom. The number of ketones is 1. The number of nitrogens with one attached hydrogen (secondary N) is 1. The van der Waals surface area contributed by atoms with Crippen LogP contribution in [0, 0.1) is 0 Å². The van der Waals surface area contributed by atoms with Crippen LogP contribution >= 0.6 is 11.8 Å². The van der Waals surface area contributed by atoms with Crippen molar-refractivity contribution < 1.29 is 4.79 Å². The Labute approximate surface area is 146 Å². The molecule has 1 N–H and O–H groups in total. The molecule has 0 bridgehead atoms. The minimum atomic E-state index is -0.202. The Balaban J connectivity index is 1.76. The van der Waals surface area contributed by atoms with E-state index in [1.54, 1.807) is 0 Å². The topological polar surface area (TPSA) is 36.1 Å². The number of benzene rings is 2. The molecule has 3 nitrogen and oxygen atoms in total. The predicted molar refractivity (Wildman–Crippen MR) is 101 cm³/mol. The summed E-state index contributed by atoms with van der Waals surface area (Å²) in [5, 5.41) is 1.01. The van der Waals surface area contributed by atoms with Gasteiger partial charge in [-0.05, 0) is 11.6 Å². The van der Waals surface area contributed by atoms with E-state index in [0.717, 1.165) is 46.6 Å². The monoisotopic (exact) mass is 336 g/mol. The van der Waals surface area contributed by atoms with Gasteiger partial charge in [0, 0.05) is 47.3 Å². The summed E-state index contributed by atoms with van der Waals surface area (Å²) < 4.78 is 0. The molecule has 1 fully saturated rings. The maximum absolute atomic E-state index is 13.5. The maximum atomic E-state index is 13.5. The molecule has 0 aliphatic carbocycles. The summed E-state index contributed by atoms with van der Waals surface area (Å²) in [4.78, 5) is 19.0. The van der Waals surface area contributed by atoms with Crippen LogP contribution in [-0.4, -0.2) is 40.3 Å². The van der Waals surface area contributed by atoms with E-state index in [9.17, 15) is 4.79 Å². The number of thioether (sulfide) groups is 1. The van der Waals surface area contributed by atoms with Gasteiger partial charge in [0.1, 0.15) is 0 Å². The van der Waals surface area contributed by atoms with Gasteiger partial charge < -0.3 is 4.98 Å². The summed E-state index contributed by atoms with van der Waals surface area (Å²) in [5.74, 6) is 2.36. The van der Waals surface area contributed by atoms with Crippen LogP contribution in [-0.2, 0) is 0 Å². The van der Waals surface area contributed by atoms with Gasteiger partial charge >= 0.3 is 0 Å². The van der Waals surface area contributed by atoms with Gasteiger partial charge in [-0.25, -0.2) is 0 Å². The lowest BCUT2D eigenvalue weighted by atomic mass is 9.95. The first kappa shape index (κ1) is 15.5. The fourth-order valence-electron chi connectivity index (χ4n) is 3.42. The second-order valence-corrected chi connectivity index (χ2v) is 7.30. The lowest BCUT2D eigenvalue weighted by Crippen LogP contribution is -2.39. The van der Waals surface area contributed by atoms with Crippen molar-refractivity contribution in [3.63, 3.8) is 0 Å². The lowest BCUT2D eigenvalue weighted by molar-refractivity contribution is 0.0832. The van der Waals surface area contributed by atoms with Crippen LogP contribution in [0.2, 0.25) is 0 Å². The van der Waals surface area contributed by atoms with Crippen LogP contribution in [0.15, 0.2) is 60.8 Å². The van der Waals surface area contributed by atoms with Crippen LogP contribution in [0.5, 0.6) is 0 Å². The molecular weight excluding hydrogens is 316 g/mol. The molecule has 0 radical (unpaired) electrons. The molecule has 2 aromatic carbocycles. The molecule has 1 aliphatic heterocycles. The summed E-state index contributed by atoms with van der Waals surface area (Å²) >= 11 is 1.96. The number of hydrogen-bond donors (Lipinski definition) is 1. The number of rotatable bonds is 4. The second kappa shape index (κ2) is 6.83. The summed E-state index contributed by atoms with van der Waals surface area (Å²) in [7, 11) is 0. The van der Waals surface area contributed by atoms with Crippen molar-refractivity contribution in [1.82, 2.24) is 9.88 Å². The van der Waals surface area contributed by atoms with E-state index in [2.05, 4.69) is 22.0 Å². The zero-order valence-electron chi connectivity index (χ0n) is 13.4. The molecule has 1 aromatic heterocycles. The Hall–Kier alpha value is -2.04. The first-order chi connectivity index (χ1) is 11.8. The van der Waals surface area contributed by atoms with Gasteiger partial charge in [-0.2, -0.15) is 11.8 Å². The lowest BCUT2D eigenvalue weighted by Gasteiger charge is -2.33. The fourth-order valence-corrected chi connectivity index (χ4v) is 4.35. The molecule has 4 rings (SSSR count). The number of H-pyrrole nitrogens is 1. The third-order valence-electron chi connectivity index (χ3n) is 4.63. The molecule has 0 amide bonds. The Kier molecular flexibility index (Phi) is 4.41. The van der Waals surface area contributed by atoms with E-state index in [1.165, 1.54) is 0 Å². The Morgan fingerprint density at radius 3 is 2.50 bits per heavy atom. The van der Waals surface area contributed by atoms with Crippen molar-refractivity contribution in [2.45, 2.75) is 6.04 Å². The predicted octanol–water partition coefficient (Wildman–Crippen LogP) is 4.14. The van der Waals surface area contributed by atoms with E-state index in [0.29, 0.717) is 0 Å². The largest absolute Gasteiger partial charge is 0.360 e. The Morgan fingerprint density at radius 1 is 1.00 bits per heavy atom. The molecule has 0 spiro atoms. The van der Waals surface area contributed by atoms with Gasteiger partial charge in [0.2, 0.25) is 0 Å². The van der Waals surface area contributed by atoms with Crippen molar-refractivity contribution in [2.75, 3.05) is 24.6 Å². The van der Waals surface area contributed by atoms with E-state index in [-0.39, 0.29) is 11.8 Å². The van der Waals surface area contributed by atoms with Gasteiger partial charge in [0.05, 0.1) is 6.04 Å². The van der Waals surface area contributed by atoms with Gasteiger partial charge in [0.25, 0.3) is 0 Å². The van der Waals surface area contributed by atoms with Crippen LogP contribution < -0.4 is 0 Å². The number of para-hydroxylation sites is 1. The fraction of sp³-hybridized carbons (Fsp3) is 0.250. The Bertz CT molecular complexity index is 837. The number of nitrogens with zero attached hydrogens (tertiary/aromatic N) is 1. The SMILES string of the molecule is O=C(c1c[nH]c2ccccc12)C(c1ccccc1)N1CCSCC1. The van der Waals surface area contributed by atoms with Crippen LogP contribution in [0.1, 0.15) is 22.0 Å². The summed E-state index contributed by atoms with van der Waals surface area (Å²) in [5.41, 5.74) is 2.89. The van der Waals surface area contributed by atoms with Gasteiger partial charge in [-0.3, -0.25) is 9.69 Å². The molecule has 3 aromatic rings. The van der Waals surface area contributed by atoms with Crippen molar-refractivity contribution >= 4 is 28.4 Å².